The Morgan fingerprint density at radius 2 is 2.10 bits per heavy atom. The lowest BCUT2D eigenvalue weighted by molar-refractivity contribution is -0.119. The van der Waals surface area contributed by atoms with Crippen molar-refractivity contribution in [1.29, 1.82) is 0 Å². The summed E-state index contributed by atoms with van der Waals surface area (Å²) in [6.07, 6.45) is 1.72. The summed E-state index contributed by atoms with van der Waals surface area (Å²) in [6.45, 7) is 4.73. The molecule has 5 rings (SSSR count). The molecule has 0 aromatic carbocycles. The van der Waals surface area contributed by atoms with Crippen molar-refractivity contribution in [3.63, 3.8) is 0 Å². The summed E-state index contributed by atoms with van der Waals surface area (Å²) in [4.78, 5) is 28.5. The molecule has 3 aromatic heterocycles. The topological polar surface area (TPSA) is 84.6 Å². The van der Waals surface area contributed by atoms with Gasteiger partial charge in [-0.05, 0) is 24.3 Å². The van der Waals surface area contributed by atoms with Gasteiger partial charge in [-0.3, -0.25) is 9.69 Å². The van der Waals surface area contributed by atoms with Gasteiger partial charge in [0, 0.05) is 35.5 Å². The van der Waals surface area contributed by atoms with Crippen LogP contribution in [0.25, 0.3) is 20.7 Å². The molecular formula is C20H23N5O2S2. The summed E-state index contributed by atoms with van der Waals surface area (Å²) in [5.74, 6) is 1.37. The summed E-state index contributed by atoms with van der Waals surface area (Å²) in [5, 5.41) is 5.27. The zero-order chi connectivity index (χ0) is 19.8. The van der Waals surface area contributed by atoms with Crippen molar-refractivity contribution in [3.05, 3.63) is 28.7 Å². The van der Waals surface area contributed by atoms with Crippen LogP contribution >= 0.6 is 22.7 Å². The highest BCUT2D eigenvalue weighted by atomic mass is 32.1. The van der Waals surface area contributed by atoms with Crippen LogP contribution in [0.3, 0.4) is 0 Å². The summed E-state index contributed by atoms with van der Waals surface area (Å²) in [5.41, 5.74) is 6.87. The standard InChI is InChI=1S/C20H23N5O2S2/c21-18(26)14-3-1-5-25(14)19-17-13(15-4-2-10-28-15)12-29-20(17)23-16(22-19)11-24-6-8-27-9-7-24/h2,4,10,12,14H,1,3,5-9,11H2,(H2,21,26). The van der Waals surface area contributed by atoms with Crippen LogP contribution in [-0.2, 0) is 16.1 Å². The third-order valence-corrected chi connectivity index (χ3v) is 7.34. The summed E-state index contributed by atoms with van der Waals surface area (Å²) in [6, 6.07) is 3.87. The molecule has 2 aliphatic rings. The second-order valence-electron chi connectivity index (χ2n) is 7.41. The van der Waals surface area contributed by atoms with Crippen molar-refractivity contribution in [1.82, 2.24) is 14.9 Å². The van der Waals surface area contributed by atoms with Crippen LogP contribution in [0, 0.1) is 0 Å². The van der Waals surface area contributed by atoms with E-state index in [2.05, 4.69) is 32.7 Å². The van der Waals surface area contributed by atoms with Crippen LogP contribution in [0.5, 0.6) is 0 Å². The van der Waals surface area contributed by atoms with Gasteiger partial charge >= 0.3 is 0 Å². The number of fused-ring (bicyclic) bond motifs is 1. The fourth-order valence-corrected chi connectivity index (χ4v) is 5.91. The lowest BCUT2D eigenvalue weighted by Crippen LogP contribution is -2.41. The molecule has 9 heteroatoms. The number of amides is 1. The molecule has 1 atom stereocenters. The van der Waals surface area contributed by atoms with Gasteiger partial charge in [0.25, 0.3) is 0 Å². The summed E-state index contributed by atoms with van der Waals surface area (Å²) >= 11 is 3.35. The first kappa shape index (κ1) is 18.9. The molecule has 0 radical (unpaired) electrons. The van der Waals surface area contributed by atoms with Crippen molar-refractivity contribution in [3.8, 4) is 10.4 Å². The minimum Gasteiger partial charge on any atom is -0.379 e. The van der Waals surface area contributed by atoms with Crippen molar-refractivity contribution in [2.75, 3.05) is 37.7 Å². The van der Waals surface area contributed by atoms with E-state index in [1.807, 2.05) is 0 Å². The molecule has 2 saturated heterocycles. The van der Waals surface area contributed by atoms with E-state index < -0.39 is 0 Å². The maximum atomic E-state index is 12.1. The molecule has 152 valence electrons. The first-order valence-corrected chi connectivity index (χ1v) is 11.6. The van der Waals surface area contributed by atoms with Crippen molar-refractivity contribution < 1.29 is 9.53 Å². The third kappa shape index (κ3) is 3.63. The number of nitrogens with zero attached hydrogens (tertiary/aromatic N) is 4. The van der Waals surface area contributed by atoms with Gasteiger partial charge in [0.1, 0.15) is 22.5 Å². The van der Waals surface area contributed by atoms with Gasteiger partial charge in [0.15, 0.2) is 0 Å². The van der Waals surface area contributed by atoms with E-state index in [0.717, 1.165) is 73.1 Å². The number of primary amides is 1. The van der Waals surface area contributed by atoms with E-state index in [1.54, 1.807) is 22.7 Å². The van der Waals surface area contributed by atoms with E-state index in [9.17, 15) is 4.79 Å². The molecule has 0 aliphatic carbocycles. The molecule has 7 nitrogen and oxygen atoms in total. The Morgan fingerprint density at radius 3 is 2.86 bits per heavy atom. The van der Waals surface area contributed by atoms with Crippen LogP contribution in [0.2, 0.25) is 0 Å². The monoisotopic (exact) mass is 429 g/mol. The highest BCUT2D eigenvalue weighted by Gasteiger charge is 2.33. The number of anilines is 1. The third-order valence-electron chi connectivity index (χ3n) is 5.57. The normalized spacial score (nSPS) is 20.6. The Kier molecular flexibility index (Phi) is 5.21. The minimum absolute atomic E-state index is 0.281. The maximum Gasteiger partial charge on any atom is 0.240 e. The predicted molar refractivity (Wildman–Crippen MR) is 116 cm³/mol. The molecule has 29 heavy (non-hydrogen) atoms. The molecule has 0 saturated carbocycles. The molecule has 2 N–H and O–H groups in total. The highest BCUT2D eigenvalue weighted by molar-refractivity contribution is 7.18. The minimum atomic E-state index is -0.305. The molecule has 3 aromatic rings. The summed E-state index contributed by atoms with van der Waals surface area (Å²) < 4.78 is 5.46. The number of carbonyl (C=O) groups is 1. The van der Waals surface area contributed by atoms with Crippen molar-refractivity contribution in [2.24, 2.45) is 5.73 Å². The molecule has 1 amide bonds. The number of thiophene rings is 2. The first-order valence-electron chi connectivity index (χ1n) is 9.89. The van der Waals surface area contributed by atoms with Gasteiger partial charge in [-0.2, -0.15) is 0 Å². The molecule has 5 heterocycles. The van der Waals surface area contributed by atoms with Crippen LogP contribution < -0.4 is 10.6 Å². The largest absolute Gasteiger partial charge is 0.379 e. The van der Waals surface area contributed by atoms with Crippen LogP contribution in [0.1, 0.15) is 18.7 Å². The number of rotatable bonds is 5. The number of morpholine rings is 1. The first-order chi connectivity index (χ1) is 14.2. The average Bonchev–Trinajstić information content (AvgIpc) is 3.47. The lowest BCUT2D eigenvalue weighted by Gasteiger charge is -2.27. The average molecular weight is 430 g/mol. The van der Waals surface area contributed by atoms with Gasteiger partial charge in [-0.15, -0.1) is 22.7 Å². The van der Waals surface area contributed by atoms with E-state index in [0.29, 0.717) is 6.54 Å². The lowest BCUT2D eigenvalue weighted by atomic mass is 10.1. The molecule has 2 aliphatic heterocycles. The van der Waals surface area contributed by atoms with Gasteiger partial charge in [0.05, 0.1) is 25.1 Å². The highest BCUT2D eigenvalue weighted by Crippen LogP contribution is 2.41. The van der Waals surface area contributed by atoms with Gasteiger partial charge in [-0.25, -0.2) is 9.97 Å². The predicted octanol–water partition coefficient (Wildman–Crippen LogP) is 2.71. The Labute approximate surface area is 177 Å². The van der Waals surface area contributed by atoms with Gasteiger partial charge in [-0.1, -0.05) is 6.07 Å². The number of carbonyl (C=O) groups excluding carboxylic acids is 1. The SMILES string of the molecule is NC(=O)C1CCCN1c1nc(CN2CCOCC2)nc2scc(-c3cccs3)c12. The van der Waals surface area contributed by atoms with E-state index in [1.165, 1.54) is 4.88 Å². The number of aromatic nitrogens is 2. The smallest absolute Gasteiger partial charge is 0.240 e. The summed E-state index contributed by atoms with van der Waals surface area (Å²) in [7, 11) is 0. The number of ether oxygens (including phenoxy) is 1. The Bertz CT molecular complexity index is 1010. The zero-order valence-electron chi connectivity index (χ0n) is 16.0. The van der Waals surface area contributed by atoms with Crippen molar-refractivity contribution >= 4 is 44.6 Å². The fourth-order valence-electron chi connectivity index (χ4n) is 4.13. The number of nitrogens with two attached hydrogens (primary N) is 1. The second-order valence-corrected chi connectivity index (χ2v) is 9.22. The molecule has 0 bridgehead atoms. The van der Waals surface area contributed by atoms with E-state index >= 15 is 0 Å². The Balaban J connectivity index is 1.61. The Morgan fingerprint density at radius 1 is 1.24 bits per heavy atom. The van der Waals surface area contributed by atoms with Crippen LogP contribution in [0.4, 0.5) is 5.82 Å². The van der Waals surface area contributed by atoms with Crippen LogP contribution in [0.15, 0.2) is 22.9 Å². The maximum absolute atomic E-state index is 12.1. The van der Waals surface area contributed by atoms with Crippen LogP contribution in [-0.4, -0.2) is 59.7 Å². The number of hydrogen-bond acceptors (Lipinski definition) is 8. The molecule has 2 fully saturated rings. The zero-order valence-corrected chi connectivity index (χ0v) is 17.7. The van der Waals surface area contributed by atoms with E-state index in [4.69, 9.17) is 20.4 Å². The van der Waals surface area contributed by atoms with Crippen molar-refractivity contribution in [2.45, 2.75) is 25.4 Å². The number of hydrogen-bond donors (Lipinski definition) is 1. The van der Waals surface area contributed by atoms with Gasteiger partial charge in [0.2, 0.25) is 5.91 Å². The molecule has 0 spiro atoms. The Hall–Kier alpha value is -2.07. The molecular weight excluding hydrogens is 406 g/mol. The fraction of sp³-hybridized carbons (Fsp3) is 0.450. The van der Waals surface area contributed by atoms with Gasteiger partial charge < -0.3 is 15.4 Å². The second kappa shape index (κ2) is 7.98. The quantitative estimate of drug-likeness (QED) is 0.671. The molecule has 1 unspecified atom stereocenters. The van der Waals surface area contributed by atoms with E-state index in [-0.39, 0.29) is 11.9 Å².